The van der Waals surface area contributed by atoms with E-state index in [1.165, 1.54) is 29.8 Å². The van der Waals surface area contributed by atoms with Crippen molar-refractivity contribution >= 4 is 29.0 Å². The number of ether oxygens (including phenoxy) is 1. The summed E-state index contributed by atoms with van der Waals surface area (Å²) in [4.78, 5) is 36.3. The highest BCUT2D eigenvalue weighted by Gasteiger charge is 2.17. The van der Waals surface area contributed by atoms with Crippen LogP contribution in [0.2, 0.25) is 5.02 Å². The molecule has 1 aromatic carbocycles. The number of benzene rings is 1. The fraction of sp³-hybridized carbons (Fsp3) is 0.227. The summed E-state index contributed by atoms with van der Waals surface area (Å²) in [5, 5.41) is 12.1. The number of aromatic nitrogens is 1. The Hall–Kier alpha value is -3.23. The monoisotopic (exact) mass is 446 g/mol. The van der Waals surface area contributed by atoms with Crippen LogP contribution >= 0.6 is 11.6 Å². The van der Waals surface area contributed by atoms with Crippen LogP contribution in [0.25, 0.3) is 5.52 Å². The molecule has 2 aromatic heterocycles. The van der Waals surface area contributed by atoms with E-state index >= 15 is 0 Å². The predicted molar refractivity (Wildman–Crippen MR) is 113 cm³/mol. The number of aromatic carboxylic acids is 1. The Kier molecular flexibility index (Phi) is 6.72. The first-order chi connectivity index (χ1) is 14.7. The number of carbonyl (C=O) groups is 2. The van der Waals surface area contributed by atoms with Gasteiger partial charge in [0.2, 0.25) is 5.91 Å². The second-order valence-corrected chi connectivity index (χ2v) is 7.38. The first-order valence-corrected chi connectivity index (χ1v) is 9.74. The van der Waals surface area contributed by atoms with Crippen molar-refractivity contribution in [3.63, 3.8) is 0 Å². The lowest BCUT2D eigenvalue weighted by Crippen LogP contribution is -2.34. The first-order valence-electron chi connectivity index (χ1n) is 9.36. The zero-order valence-corrected chi connectivity index (χ0v) is 17.6. The minimum absolute atomic E-state index is 0.00113. The van der Waals surface area contributed by atoms with E-state index in [1.54, 1.807) is 31.2 Å². The molecule has 9 heteroatoms. The summed E-state index contributed by atoms with van der Waals surface area (Å²) in [5.41, 5.74) is 0.630. The van der Waals surface area contributed by atoms with Crippen molar-refractivity contribution in [3.8, 4) is 0 Å². The number of fused-ring (bicyclic) bond motifs is 1. The number of carboxylic acids is 1. The predicted octanol–water partition coefficient (Wildman–Crippen LogP) is 3.03. The molecular weight excluding hydrogens is 427 g/mol. The summed E-state index contributed by atoms with van der Waals surface area (Å²) in [7, 11) is 1.40. The summed E-state index contributed by atoms with van der Waals surface area (Å²) in [6.45, 7) is 1.58. The van der Waals surface area contributed by atoms with Gasteiger partial charge in [-0.3, -0.25) is 14.0 Å². The highest BCUT2D eigenvalue weighted by molar-refractivity contribution is 6.30. The molecule has 0 aliphatic rings. The fourth-order valence-electron chi connectivity index (χ4n) is 3.15. The molecule has 31 heavy (non-hydrogen) atoms. The number of carbonyl (C=O) groups excluding carboxylic acids is 1. The average molecular weight is 447 g/mol. The minimum Gasteiger partial charge on any atom is -0.477 e. The molecule has 0 saturated carbocycles. The van der Waals surface area contributed by atoms with Crippen LogP contribution in [-0.2, 0) is 22.5 Å². The smallest absolute Gasteiger partial charge is 0.341 e. The van der Waals surface area contributed by atoms with Gasteiger partial charge in [0.1, 0.15) is 17.5 Å². The lowest BCUT2D eigenvalue weighted by molar-refractivity contribution is -0.130. The SMILES string of the molecule is CO[C@H](C)C(=O)NCc1cc(C(=O)O)c(=O)n2cc(Cc3cccc(Cl)c3F)ccc12. The topological polar surface area (TPSA) is 97.1 Å². The Bertz CT molecular complexity index is 1220. The van der Waals surface area contributed by atoms with Gasteiger partial charge >= 0.3 is 5.97 Å². The number of rotatable bonds is 7. The van der Waals surface area contributed by atoms with E-state index in [0.717, 1.165) is 0 Å². The van der Waals surface area contributed by atoms with Gasteiger partial charge in [0.25, 0.3) is 5.56 Å². The van der Waals surface area contributed by atoms with E-state index in [1.807, 2.05) is 0 Å². The molecule has 2 N–H and O–H groups in total. The largest absolute Gasteiger partial charge is 0.477 e. The Balaban J connectivity index is 2.05. The molecule has 0 fully saturated rings. The Labute approximate surface area is 182 Å². The van der Waals surface area contributed by atoms with Crippen LogP contribution in [-0.4, -0.2) is 34.6 Å². The zero-order chi connectivity index (χ0) is 22.7. The summed E-state index contributed by atoms with van der Waals surface area (Å²) in [5.74, 6) is -2.31. The van der Waals surface area contributed by atoms with Gasteiger partial charge in [-0.2, -0.15) is 0 Å². The number of amides is 1. The van der Waals surface area contributed by atoms with Gasteiger partial charge in [0, 0.05) is 26.3 Å². The number of methoxy groups -OCH3 is 1. The molecule has 7 nitrogen and oxygen atoms in total. The molecule has 2 heterocycles. The fourth-order valence-corrected chi connectivity index (χ4v) is 3.35. The quantitative estimate of drug-likeness (QED) is 0.581. The van der Waals surface area contributed by atoms with Gasteiger partial charge in [-0.05, 0) is 41.8 Å². The Morgan fingerprint density at radius 3 is 2.68 bits per heavy atom. The van der Waals surface area contributed by atoms with Gasteiger partial charge in [-0.25, -0.2) is 9.18 Å². The molecular formula is C22H20ClFN2O5. The van der Waals surface area contributed by atoms with Crippen molar-refractivity contribution < 1.29 is 23.8 Å². The van der Waals surface area contributed by atoms with Crippen molar-refractivity contribution in [2.45, 2.75) is 26.0 Å². The van der Waals surface area contributed by atoms with Crippen LogP contribution in [0.1, 0.15) is 34.0 Å². The minimum atomic E-state index is -1.39. The van der Waals surface area contributed by atoms with Gasteiger partial charge in [0.15, 0.2) is 0 Å². The van der Waals surface area contributed by atoms with Crippen LogP contribution < -0.4 is 10.9 Å². The number of pyridine rings is 2. The number of halogens is 2. The number of carboxylic acid groups (broad SMARTS) is 1. The second kappa shape index (κ2) is 9.28. The molecule has 0 aliphatic carbocycles. The van der Waals surface area contributed by atoms with Crippen LogP contribution in [0, 0.1) is 5.82 Å². The van der Waals surface area contributed by atoms with Crippen molar-refractivity contribution in [2.24, 2.45) is 0 Å². The first kappa shape index (κ1) is 22.5. The third-order valence-electron chi connectivity index (χ3n) is 4.94. The van der Waals surface area contributed by atoms with Crippen molar-refractivity contribution in [1.29, 1.82) is 0 Å². The summed E-state index contributed by atoms with van der Waals surface area (Å²) in [6, 6.07) is 9.23. The van der Waals surface area contributed by atoms with E-state index in [2.05, 4.69) is 5.32 Å². The van der Waals surface area contributed by atoms with Gasteiger partial charge in [-0.15, -0.1) is 0 Å². The molecule has 1 amide bonds. The average Bonchev–Trinajstić information content (AvgIpc) is 2.75. The zero-order valence-electron chi connectivity index (χ0n) is 16.8. The Morgan fingerprint density at radius 1 is 1.26 bits per heavy atom. The molecule has 0 radical (unpaired) electrons. The maximum Gasteiger partial charge on any atom is 0.341 e. The maximum atomic E-state index is 14.3. The van der Waals surface area contributed by atoms with Crippen LogP contribution in [0.15, 0.2) is 47.4 Å². The molecule has 0 bridgehead atoms. The Morgan fingerprint density at radius 2 is 2.00 bits per heavy atom. The summed E-state index contributed by atoms with van der Waals surface area (Å²) < 4.78 is 20.4. The summed E-state index contributed by atoms with van der Waals surface area (Å²) in [6.07, 6.45) is 0.938. The molecule has 3 aromatic rings. The van der Waals surface area contributed by atoms with Crippen molar-refractivity contribution in [3.05, 3.63) is 86.0 Å². The third kappa shape index (κ3) is 4.76. The van der Waals surface area contributed by atoms with Gasteiger partial charge in [0.05, 0.1) is 10.5 Å². The van der Waals surface area contributed by atoms with E-state index in [9.17, 15) is 23.9 Å². The van der Waals surface area contributed by atoms with E-state index < -0.39 is 29.0 Å². The van der Waals surface area contributed by atoms with Gasteiger partial charge in [-0.1, -0.05) is 29.8 Å². The molecule has 0 unspecified atom stereocenters. The number of hydrogen-bond acceptors (Lipinski definition) is 4. The normalized spacial score (nSPS) is 12.0. The van der Waals surface area contributed by atoms with E-state index in [0.29, 0.717) is 22.2 Å². The van der Waals surface area contributed by atoms with Crippen molar-refractivity contribution in [2.75, 3.05) is 7.11 Å². The molecule has 162 valence electrons. The van der Waals surface area contributed by atoms with Gasteiger partial charge < -0.3 is 15.2 Å². The molecule has 1 atom stereocenters. The third-order valence-corrected chi connectivity index (χ3v) is 5.23. The van der Waals surface area contributed by atoms with E-state index in [-0.39, 0.29) is 23.9 Å². The molecule has 0 saturated heterocycles. The molecule has 0 aliphatic heterocycles. The second-order valence-electron chi connectivity index (χ2n) is 6.97. The standard InChI is InChI=1S/C22H20ClFN2O5/c1-12(31-2)20(27)25-10-15-9-16(22(29)30)21(28)26-11-13(6-7-18(15)26)8-14-4-3-5-17(23)19(14)24/h3-7,9,11-12H,8,10H2,1-2H3,(H,25,27)(H,29,30)/t12-/m1/s1. The number of nitrogens with one attached hydrogen (secondary N) is 1. The number of nitrogens with zero attached hydrogens (tertiary/aromatic N) is 1. The molecule has 3 rings (SSSR count). The van der Waals surface area contributed by atoms with E-state index in [4.69, 9.17) is 16.3 Å². The lowest BCUT2D eigenvalue weighted by Gasteiger charge is -2.14. The lowest BCUT2D eigenvalue weighted by atomic mass is 10.0. The summed E-state index contributed by atoms with van der Waals surface area (Å²) >= 11 is 5.83. The number of hydrogen-bond donors (Lipinski definition) is 2. The van der Waals surface area contributed by atoms with Crippen LogP contribution in [0.3, 0.4) is 0 Å². The maximum absolute atomic E-state index is 14.3. The highest BCUT2D eigenvalue weighted by Crippen LogP contribution is 2.21. The molecule has 0 spiro atoms. The van der Waals surface area contributed by atoms with Crippen molar-refractivity contribution in [1.82, 2.24) is 9.72 Å². The van der Waals surface area contributed by atoms with Crippen LogP contribution in [0.5, 0.6) is 0 Å². The van der Waals surface area contributed by atoms with Crippen LogP contribution in [0.4, 0.5) is 4.39 Å². The highest BCUT2D eigenvalue weighted by atomic mass is 35.5.